The van der Waals surface area contributed by atoms with Crippen LogP contribution in [-0.4, -0.2) is 55.1 Å². The van der Waals surface area contributed by atoms with Crippen LogP contribution in [0.3, 0.4) is 0 Å². The molecule has 0 unspecified atom stereocenters. The Kier molecular flexibility index (Phi) is 4.29. The van der Waals surface area contributed by atoms with Crippen LogP contribution in [0.1, 0.15) is 9.88 Å². The molecule has 1 aromatic heterocycles. The second kappa shape index (κ2) is 5.72. The molecule has 16 heavy (non-hydrogen) atoms. The number of hydrogen-bond acceptors (Lipinski definition) is 5. The highest BCUT2D eigenvalue weighted by Crippen LogP contribution is 2.16. The van der Waals surface area contributed by atoms with E-state index in [1.807, 2.05) is 17.5 Å². The molecule has 2 rings (SSSR count). The van der Waals surface area contributed by atoms with Gasteiger partial charge in [-0.2, -0.15) is 0 Å². The summed E-state index contributed by atoms with van der Waals surface area (Å²) in [4.78, 5) is 10.5. The van der Waals surface area contributed by atoms with Gasteiger partial charge in [0.15, 0.2) is 0 Å². The van der Waals surface area contributed by atoms with E-state index in [9.17, 15) is 0 Å². The smallest absolute Gasteiger partial charge is 0.107 e. The number of aromatic nitrogens is 1. The molecule has 0 aliphatic carbocycles. The average Bonchev–Trinajstić information content (AvgIpc) is 2.66. The van der Waals surface area contributed by atoms with Crippen LogP contribution in [-0.2, 0) is 13.1 Å². The van der Waals surface area contributed by atoms with Gasteiger partial charge in [-0.05, 0) is 14.1 Å². The molecule has 5 heteroatoms. The van der Waals surface area contributed by atoms with Crippen LogP contribution in [0.25, 0.3) is 0 Å². The Morgan fingerprint density at radius 1 is 1.44 bits per heavy atom. The lowest BCUT2D eigenvalue weighted by atomic mass is 10.3. The lowest BCUT2D eigenvalue weighted by molar-refractivity contribution is 0.235. The fourth-order valence-corrected chi connectivity index (χ4v) is 2.94. The van der Waals surface area contributed by atoms with Crippen molar-refractivity contribution in [2.45, 2.75) is 13.1 Å². The summed E-state index contributed by atoms with van der Waals surface area (Å²) in [5.74, 6) is 0. The summed E-state index contributed by atoms with van der Waals surface area (Å²) >= 11 is 1.84. The first kappa shape index (κ1) is 12.0. The Labute approximate surface area is 101 Å². The monoisotopic (exact) mass is 240 g/mol. The molecular formula is C11H20N4S. The Bertz CT molecular complexity index is 318. The fourth-order valence-electron chi connectivity index (χ4n) is 1.85. The van der Waals surface area contributed by atoms with Gasteiger partial charge in [-0.25, -0.2) is 4.98 Å². The quantitative estimate of drug-likeness (QED) is 0.835. The van der Waals surface area contributed by atoms with E-state index in [1.165, 1.54) is 9.88 Å². The van der Waals surface area contributed by atoms with Crippen molar-refractivity contribution in [2.75, 3.05) is 40.3 Å². The van der Waals surface area contributed by atoms with Crippen molar-refractivity contribution < 1.29 is 0 Å². The van der Waals surface area contributed by atoms with E-state index in [0.29, 0.717) is 0 Å². The van der Waals surface area contributed by atoms with Gasteiger partial charge in [0.2, 0.25) is 0 Å². The molecule has 0 radical (unpaired) electrons. The van der Waals surface area contributed by atoms with Crippen LogP contribution in [0.2, 0.25) is 0 Å². The van der Waals surface area contributed by atoms with E-state index in [4.69, 9.17) is 0 Å². The van der Waals surface area contributed by atoms with Crippen LogP contribution < -0.4 is 5.32 Å². The van der Waals surface area contributed by atoms with E-state index < -0.39 is 0 Å². The normalized spacial score (nSPS) is 18.2. The highest BCUT2D eigenvalue weighted by Gasteiger charge is 2.11. The van der Waals surface area contributed by atoms with Crippen LogP contribution in [0.15, 0.2) is 6.20 Å². The number of thiazole rings is 1. The molecule has 90 valence electrons. The highest BCUT2D eigenvalue weighted by atomic mass is 32.1. The molecule has 0 spiro atoms. The summed E-state index contributed by atoms with van der Waals surface area (Å²) in [6.45, 7) is 6.55. The van der Waals surface area contributed by atoms with Crippen molar-refractivity contribution in [3.05, 3.63) is 16.1 Å². The van der Waals surface area contributed by atoms with E-state index in [-0.39, 0.29) is 0 Å². The first-order valence-electron chi connectivity index (χ1n) is 5.75. The average molecular weight is 240 g/mol. The maximum absolute atomic E-state index is 4.46. The van der Waals surface area contributed by atoms with E-state index >= 15 is 0 Å². The Morgan fingerprint density at radius 3 is 2.88 bits per heavy atom. The summed E-state index contributed by atoms with van der Waals surface area (Å²) in [5, 5.41) is 4.59. The van der Waals surface area contributed by atoms with Crippen molar-refractivity contribution in [1.82, 2.24) is 20.1 Å². The topological polar surface area (TPSA) is 31.4 Å². The number of nitrogens with zero attached hydrogens (tertiary/aromatic N) is 3. The molecule has 1 fully saturated rings. The van der Waals surface area contributed by atoms with Crippen LogP contribution in [0.4, 0.5) is 0 Å². The Morgan fingerprint density at radius 2 is 2.19 bits per heavy atom. The van der Waals surface area contributed by atoms with E-state index in [1.54, 1.807) is 0 Å². The standard InChI is InChI=1S/C11H20N4S/c1-14(2)9-11-13-7-10(16-11)8-15-5-3-12-4-6-15/h7,12H,3-6,8-9H2,1-2H3. The minimum Gasteiger partial charge on any atom is -0.314 e. The summed E-state index contributed by atoms with van der Waals surface area (Å²) < 4.78 is 0. The van der Waals surface area contributed by atoms with Crippen molar-refractivity contribution >= 4 is 11.3 Å². The zero-order chi connectivity index (χ0) is 11.4. The second-order valence-electron chi connectivity index (χ2n) is 4.48. The minimum atomic E-state index is 0.951. The SMILES string of the molecule is CN(C)Cc1ncc(CN2CCNCC2)s1. The van der Waals surface area contributed by atoms with Crippen LogP contribution in [0, 0.1) is 0 Å². The van der Waals surface area contributed by atoms with E-state index in [2.05, 4.69) is 34.2 Å². The van der Waals surface area contributed by atoms with Gasteiger partial charge in [-0.1, -0.05) is 0 Å². The molecule has 0 amide bonds. The number of rotatable bonds is 4. The molecule has 0 aromatic carbocycles. The zero-order valence-electron chi connectivity index (χ0n) is 10.1. The van der Waals surface area contributed by atoms with Crippen LogP contribution in [0.5, 0.6) is 0 Å². The first-order chi connectivity index (χ1) is 7.74. The van der Waals surface area contributed by atoms with E-state index in [0.717, 1.165) is 39.3 Å². The van der Waals surface area contributed by atoms with Gasteiger partial charge < -0.3 is 10.2 Å². The summed E-state index contributed by atoms with van der Waals surface area (Å²) in [6.07, 6.45) is 2.03. The third-order valence-corrected chi connectivity index (χ3v) is 3.61. The lowest BCUT2D eigenvalue weighted by Gasteiger charge is -2.26. The Hall–Kier alpha value is -0.490. The minimum absolute atomic E-state index is 0.951. The third-order valence-electron chi connectivity index (χ3n) is 2.64. The van der Waals surface area contributed by atoms with Gasteiger partial charge in [0.1, 0.15) is 5.01 Å². The van der Waals surface area contributed by atoms with Crippen molar-refractivity contribution in [3.8, 4) is 0 Å². The third kappa shape index (κ3) is 3.52. The van der Waals surface area contributed by atoms with Crippen molar-refractivity contribution in [2.24, 2.45) is 0 Å². The predicted molar refractivity (Wildman–Crippen MR) is 67.7 cm³/mol. The Balaban J connectivity index is 1.86. The molecule has 2 heterocycles. The highest BCUT2D eigenvalue weighted by molar-refractivity contribution is 7.11. The molecule has 4 nitrogen and oxygen atoms in total. The molecule has 1 N–H and O–H groups in total. The molecule has 1 aliphatic heterocycles. The lowest BCUT2D eigenvalue weighted by Crippen LogP contribution is -2.42. The summed E-state index contributed by atoms with van der Waals surface area (Å²) in [5.41, 5.74) is 0. The molecule has 0 atom stereocenters. The van der Waals surface area contributed by atoms with Gasteiger partial charge in [0.05, 0.1) is 0 Å². The molecular weight excluding hydrogens is 220 g/mol. The van der Waals surface area contributed by atoms with Crippen molar-refractivity contribution in [3.63, 3.8) is 0 Å². The predicted octanol–water partition coefficient (Wildman–Crippen LogP) is 0.610. The summed E-state index contributed by atoms with van der Waals surface area (Å²) in [7, 11) is 4.16. The van der Waals surface area contributed by atoms with Crippen molar-refractivity contribution in [1.29, 1.82) is 0 Å². The molecule has 1 aromatic rings. The number of hydrogen-bond donors (Lipinski definition) is 1. The second-order valence-corrected chi connectivity index (χ2v) is 5.68. The zero-order valence-corrected chi connectivity index (χ0v) is 10.9. The van der Waals surface area contributed by atoms with Gasteiger partial charge in [-0.15, -0.1) is 11.3 Å². The molecule has 1 aliphatic rings. The van der Waals surface area contributed by atoms with Crippen LogP contribution >= 0.6 is 11.3 Å². The first-order valence-corrected chi connectivity index (χ1v) is 6.57. The maximum Gasteiger partial charge on any atom is 0.107 e. The molecule has 1 saturated heterocycles. The molecule has 0 bridgehead atoms. The summed E-state index contributed by atoms with van der Waals surface area (Å²) in [6, 6.07) is 0. The van der Waals surface area contributed by atoms with Gasteiger partial charge in [0.25, 0.3) is 0 Å². The van der Waals surface area contributed by atoms with Gasteiger partial charge >= 0.3 is 0 Å². The van der Waals surface area contributed by atoms with Gasteiger partial charge in [-0.3, -0.25) is 4.90 Å². The molecule has 0 saturated carbocycles. The number of nitrogens with one attached hydrogen (secondary N) is 1. The fraction of sp³-hybridized carbons (Fsp3) is 0.727. The maximum atomic E-state index is 4.46. The van der Waals surface area contributed by atoms with Gasteiger partial charge in [0, 0.05) is 50.3 Å². The largest absolute Gasteiger partial charge is 0.314 e. The number of piperazine rings is 1.